The van der Waals surface area contributed by atoms with Crippen molar-refractivity contribution in [1.29, 1.82) is 0 Å². The number of methoxy groups -OCH3 is 1. The topological polar surface area (TPSA) is 143 Å². The zero-order valence-electron chi connectivity index (χ0n) is 21.1. The van der Waals surface area contributed by atoms with E-state index in [1.165, 1.54) is 25.4 Å². The number of hydrogen-bond donors (Lipinski definition) is 2. The van der Waals surface area contributed by atoms with E-state index in [0.29, 0.717) is 47.8 Å². The third kappa shape index (κ3) is 7.64. The Morgan fingerprint density at radius 2 is 1.91 bits per heavy atom. The minimum Gasteiger partial charge on any atom is -0.467 e. The zero-order chi connectivity index (χ0) is 26.3. The molecule has 0 fully saturated rings. The van der Waals surface area contributed by atoms with E-state index in [1.54, 1.807) is 26.8 Å². The van der Waals surface area contributed by atoms with Gasteiger partial charge in [-0.15, -0.1) is 11.3 Å². The predicted molar refractivity (Wildman–Crippen MR) is 132 cm³/mol. The molecule has 3 N–H and O–H groups in total. The second-order valence-electron chi connectivity index (χ2n) is 9.27. The van der Waals surface area contributed by atoms with E-state index in [4.69, 9.17) is 15.2 Å². The van der Waals surface area contributed by atoms with Crippen LogP contribution in [-0.2, 0) is 37.0 Å². The van der Waals surface area contributed by atoms with Crippen LogP contribution in [0.5, 0.6) is 0 Å². The standard InChI is InChI=1S/C24H34N4O6S/c1-14-16(21(25)30)11-19(18-13-35-20(27-18)12-34-23(32)24(3,4)5)28(14)10-8-7-9-17(22(31)33-6)26-15(2)29/h11,13,17H,7-10,12H2,1-6H3,(H2,25,30)(H,26,29). The molecular formula is C24H34N4O6S. The van der Waals surface area contributed by atoms with Crippen molar-refractivity contribution >= 4 is 35.1 Å². The van der Waals surface area contributed by atoms with Crippen LogP contribution >= 0.6 is 11.3 Å². The number of thiazole rings is 1. The Labute approximate surface area is 209 Å². The maximum Gasteiger partial charge on any atom is 0.328 e. The smallest absolute Gasteiger partial charge is 0.328 e. The zero-order valence-corrected chi connectivity index (χ0v) is 21.9. The molecule has 2 rings (SSSR count). The van der Waals surface area contributed by atoms with Gasteiger partial charge in [-0.05, 0) is 53.0 Å². The molecule has 0 saturated heterocycles. The summed E-state index contributed by atoms with van der Waals surface area (Å²) in [4.78, 5) is 51.9. The molecule has 0 spiro atoms. The fraction of sp³-hybridized carbons (Fsp3) is 0.542. The van der Waals surface area contributed by atoms with Crippen LogP contribution in [0.2, 0.25) is 0 Å². The maximum atomic E-state index is 12.1. The number of amides is 2. The number of ether oxygens (including phenoxy) is 2. The molecule has 2 aromatic rings. The van der Waals surface area contributed by atoms with Crippen LogP contribution in [0.15, 0.2) is 11.4 Å². The van der Waals surface area contributed by atoms with Crippen LogP contribution < -0.4 is 11.1 Å². The minimum atomic E-state index is -0.708. The second-order valence-corrected chi connectivity index (χ2v) is 10.2. The van der Waals surface area contributed by atoms with Crippen LogP contribution in [0.25, 0.3) is 11.4 Å². The van der Waals surface area contributed by atoms with Crippen molar-refractivity contribution in [2.24, 2.45) is 11.1 Å². The van der Waals surface area contributed by atoms with E-state index >= 15 is 0 Å². The number of hydrogen-bond acceptors (Lipinski definition) is 8. The van der Waals surface area contributed by atoms with Gasteiger partial charge in [0.15, 0.2) is 0 Å². The molecule has 0 aromatic carbocycles. The quantitative estimate of drug-likeness (QED) is 0.352. The summed E-state index contributed by atoms with van der Waals surface area (Å²) in [6.45, 7) is 9.14. The van der Waals surface area contributed by atoms with Gasteiger partial charge in [-0.3, -0.25) is 14.4 Å². The molecule has 192 valence electrons. The van der Waals surface area contributed by atoms with E-state index in [2.05, 4.69) is 10.3 Å². The van der Waals surface area contributed by atoms with E-state index in [9.17, 15) is 19.2 Å². The van der Waals surface area contributed by atoms with Gasteiger partial charge < -0.3 is 25.1 Å². The van der Waals surface area contributed by atoms with Crippen molar-refractivity contribution in [1.82, 2.24) is 14.9 Å². The molecule has 2 heterocycles. The van der Waals surface area contributed by atoms with E-state index < -0.39 is 23.3 Å². The highest BCUT2D eigenvalue weighted by atomic mass is 32.1. The number of nitrogens with zero attached hydrogens (tertiary/aromatic N) is 2. The van der Waals surface area contributed by atoms with Crippen molar-refractivity contribution in [2.75, 3.05) is 7.11 Å². The summed E-state index contributed by atoms with van der Waals surface area (Å²) in [5.74, 6) is -1.64. The van der Waals surface area contributed by atoms with Crippen molar-refractivity contribution in [3.8, 4) is 11.4 Å². The highest BCUT2D eigenvalue weighted by Crippen LogP contribution is 2.28. The summed E-state index contributed by atoms with van der Waals surface area (Å²) < 4.78 is 12.1. The predicted octanol–water partition coefficient (Wildman–Crippen LogP) is 2.96. The number of carbonyl (C=O) groups is 4. The van der Waals surface area contributed by atoms with Gasteiger partial charge in [0.2, 0.25) is 5.91 Å². The van der Waals surface area contributed by atoms with Gasteiger partial charge in [0.1, 0.15) is 17.7 Å². The lowest BCUT2D eigenvalue weighted by Crippen LogP contribution is -2.40. The van der Waals surface area contributed by atoms with Gasteiger partial charge in [0.25, 0.3) is 5.91 Å². The summed E-state index contributed by atoms with van der Waals surface area (Å²) in [6.07, 6.45) is 1.73. The van der Waals surface area contributed by atoms with Crippen molar-refractivity contribution in [3.63, 3.8) is 0 Å². The molecule has 11 heteroatoms. The molecule has 35 heavy (non-hydrogen) atoms. The first-order valence-corrected chi connectivity index (χ1v) is 12.2. The molecule has 0 saturated carbocycles. The monoisotopic (exact) mass is 506 g/mol. The Morgan fingerprint density at radius 1 is 1.23 bits per heavy atom. The summed E-state index contributed by atoms with van der Waals surface area (Å²) in [5, 5.41) is 5.09. The first-order chi connectivity index (χ1) is 16.3. The first-order valence-electron chi connectivity index (χ1n) is 11.3. The Bertz CT molecular complexity index is 1080. The third-order valence-corrected chi connectivity index (χ3v) is 6.20. The van der Waals surface area contributed by atoms with Crippen molar-refractivity contribution in [3.05, 3.63) is 27.7 Å². The molecule has 2 aromatic heterocycles. The lowest BCUT2D eigenvalue weighted by molar-refractivity contribution is -0.154. The average molecular weight is 507 g/mol. The maximum absolute atomic E-state index is 12.1. The van der Waals surface area contributed by atoms with Crippen LogP contribution in [0.3, 0.4) is 0 Å². The summed E-state index contributed by atoms with van der Waals surface area (Å²) in [5.41, 5.74) is 7.47. The number of nitrogens with one attached hydrogen (secondary N) is 1. The number of primary amides is 1. The molecule has 0 aliphatic heterocycles. The Morgan fingerprint density at radius 3 is 2.49 bits per heavy atom. The van der Waals surface area contributed by atoms with Crippen molar-refractivity contribution < 1.29 is 28.7 Å². The molecule has 1 atom stereocenters. The number of rotatable bonds is 11. The van der Waals surface area contributed by atoms with Gasteiger partial charge in [0, 0.05) is 24.5 Å². The molecule has 0 aliphatic rings. The molecule has 2 amide bonds. The second kappa shape index (κ2) is 12.0. The number of esters is 2. The van der Waals surface area contributed by atoms with E-state index in [0.717, 1.165) is 5.69 Å². The lowest BCUT2D eigenvalue weighted by atomic mass is 9.97. The number of carbonyl (C=O) groups excluding carboxylic acids is 4. The Kier molecular flexibility index (Phi) is 9.58. The summed E-state index contributed by atoms with van der Waals surface area (Å²) >= 11 is 1.36. The first kappa shape index (κ1) is 28.0. The number of nitrogens with two attached hydrogens (primary N) is 1. The summed E-state index contributed by atoms with van der Waals surface area (Å²) in [6, 6.07) is 1.01. The van der Waals surface area contributed by atoms with Crippen LogP contribution in [-0.4, -0.2) is 46.5 Å². The van der Waals surface area contributed by atoms with Crippen LogP contribution in [0.4, 0.5) is 0 Å². The fourth-order valence-electron chi connectivity index (χ4n) is 3.49. The Hall–Kier alpha value is -3.21. The number of aromatic nitrogens is 2. The van der Waals surface area contributed by atoms with Crippen LogP contribution in [0, 0.1) is 12.3 Å². The van der Waals surface area contributed by atoms with Gasteiger partial charge in [-0.1, -0.05) is 0 Å². The van der Waals surface area contributed by atoms with Gasteiger partial charge in [-0.25, -0.2) is 9.78 Å². The molecule has 10 nitrogen and oxygen atoms in total. The highest BCUT2D eigenvalue weighted by Gasteiger charge is 2.24. The van der Waals surface area contributed by atoms with Gasteiger partial charge in [-0.2, -0.15) is 0 Å². The fourth-order valence-corrected chi connectivity index (χ4v) is 4.19. The van der Waals surface area contributed by atoms with E-state index in [-0.39, 0.29) is 18.5 Å². The highest BCUT2D eigenvalue weighted by molar-refractivity contribution is 7.09. The van der Waals surface area contributed by atoms with Gasteiger partial charge in [0.05, 0.1) is 29.5 Å². The molecular weight excluding hydrogens is 472 g/mol. The molecule has 1 unspecified atom stereocenters. The van der Waals surface area contributed by atoms with Crippen LogP contribution in [0.1, 0.15) is 68.0 Å². The van der Waals surface area contributed by atoms with E-state index in [1.807, 2.05) is 16.9 Å². The third-order valence-electron chi connectivity index (χ3n) is 5.37. The largest absolute Gasteiger partial charge is 0.467 e. The average Bonchev–Trinajstić information content (AvgIpc) is 3.37. The summed E-state index contributed by atoms with van der Waals surface area (Å²) in [7, 11) is 1.28. The molecule has 0 aliphatic carbocycles. The minimum absolute atomic E-state index is 0.0706. The molecule has 0 bridgehead atoms. The van der Waals surface area contributed by atoms with Crippen molar-refractivity contribution in [2.45, 2.75) is 73.1 Å². The SMILES string of the molecule is COC(=O)C(CCCCn1c(-c2csc(COC(=O)C(C)(C)C)n2)cc(C(N)=O)c1C)NC(C)=O. The normalized spacial score (nSPS) is 12.2. The Balaban J connectivity index is 2.15. The van der Waals surface area contributed by atoms with Gasteiger partial charge >= 0.3 is 11.9 Å². The number of unbranched alkanes of at least 4 members (excludes halogenated alkanes) is 1. The molecule has 0 radical (unpaired) electrons. The lowest BCUT2D eigenvalue weighted by Gasteiger charge is -2.16.